The van der Waals surface area contributed by atoms with Crippen LogP contribution in [0.5, 0.6) is 11.5 Å². The van der Waals surface area contributed by atoms with Gasteiger partial charge in [0, 0.05) is 6.04 Å². The minimum Gasteiger partial charge on any atom is -0.497 e. The number of ether oxygens (including phenoxy) is 2. The maximum atomic E-state index is 13.7. The number of methoxy groups -OCH3 is 2. The van der Waals surface area contributed by atoms with E-state index in [2.05, 4.69) is 4.72 Å². The van der Waals surface area contributed by atoms with Gasteiger partial charge in [0.05, 0.1) is 19.1 Å². The lowest BCUT2D eigenvalue weighted by Crippen LogP contribution is -2.27. The van der Waals surface area contributed by atoms with Crippen molar-refractivity contribution in [3.8, 4) is 11.5 Å². The third kappa shape index (κ3) is 4.00. The van der Waals surface area contributed by atoms with Gasteiger partial charge in [-0.1, -0.05) is 6.07 Å². The average molecular weight is 339 g/mol. The molecule has 0 heterocycles. The minimum absolute atomic E-state index is 0.110. The van der Waals surface area contributed by atoms with Gasteiger partial charge in [-0.05, 0) is 48.9 Å². The number of benzene rings is 2. The lowest BCUT2D eigenvalue weighted by Gasteiger charge is -2.15. The summed E-state index contributed by atoms with van der Waals surface area (Å²) in [4.78, 5) is 0.110. The second kappa shape index (κ2) is 6.97. The number of sulfonamides is 1. The normalized spacial score (nSPS) is 12.7. The predicted octanol–water partition coefficient (Wildman–Crippen LogP) is 2.88. The van der Waals surface area contributed by atoms with Crippen molar-refractivity contribution < 1.29 is 22.3 Å². The van der Waals surface area contributed by atoms with Crippen LogP contribution in [0.4, 0.5) is 4.39 Å². The van der Waals surface area contributed by atoms with Crippen molar-refractivity contribution in [3.05, 3.63) is 53.8 Å². The third-order valence-electron chi connectivity index (χ3n) is 3.38. The van der Waals surface area contributed by atoms with Gasteiger partial charge in [-0.3, -0.25) is 0 Å². The molecule has 0 bridgehead atoms. The van der Waals surface area contributed by atoms with Crippen LogP contribution in [0.1, 0.15) is 18.5 Å². The molecule has 1 unspecified atom stereocenters. The van der Waals surface area contributed by atoms with Gasteiger partial charge in [0.2, 0.25) is 10.0 Å². The van der Waals surface area contributed by atoms with Gasteiger partial charge in [0.25, 0.3) is 0 Å². The molecule has 0 radical (unpaired) electrons. The van der Waals surface area contributed by atoms with E-state index in [-0.39, 0.29) is 10.6 Å². The van der Waals surface area contributed by atoms with E-state index in [1.54, 1.807) is 25.1 Å². The summed E-state index contributed by atoms with van der Waals surface area (Å²) in [6, 6.07) is 9.75. The topological polar surface area (TPSA) is 64.6 Å². The first-order valence-corrected chi connectivity index (χ1v) is 8.35. The smallest absolute Gasteiger partial charge is 0.241 e. The highest BCUT2D eigenvalue weighted by Crippen LogP contribution is 2.23. The average Bonchev–Trinajstić information content (AvgIpc) is 2.54. The highest BCUT2D eigenvalue weighted by molar-refractivity contribution is 7.89. The van der Waals surface area contributed by atoms with Gasteiger partial charge in [0.15, 0.2) is 11.6 Å². The number of rotatable bonds is 6. The molecule has 124 valence electrons. The van der Waals surface area contributed by atoms with Crippen molar-refractivity contribution in [1.82, 2.24) is 4.72 Å². The molecule has 2 aromatic rings. The second-order valence-corrected chi connectivity index (χ2v) is 6.63. The zero-order valence-corrected chi connectivity index (χ0v) is 13.9. The minimum atomic E-state index is -3.72. The molecular weight excluding hydrogens is 321 g/mol. The zero-order chi connectivity index (χ0) is 17.0. The maximum Gasteiger partial charge on any atom is 0.241 e. The van der Waals surface area contributed by atoms with Gasteiger partial charge in [-0.25, -0.2) is 17.5 Å². The highest BCUT2D eigenvalue weighted by atomic mass is 32.2. The van der Waals surface area contributed by atoms with Crippen LogP contribution < -0.4 is 14.2 Å². The Balaban J connectivity index is 2.20. The van der Waals surface area contributed by atoms with E-state index < -0.39 is 21.9 Å². The summed E-state index contributed by atoms with van der Waals surface area (Å²) in [7, 11) is -0.849. The van der Waals surface area contributed by atoms with Crippen molar-refractivity contribution in [2.75, 3.05) is 14.2 Å². The Hall–Kier alpha value is -2.12. The Kier molecular flexibility index (Phi) is 5.23. The Morgan fingerprint density at radius 2 is 1.70 bits per heavy atom. The Labute approximate surface area is 135 Å². The lowest BCUT2D eigenvalue weighted by molar-refractivity contribution is 0.386. The molecule has 0 aliphatic heterocycles. The van der Waals surface area contributed by atoms with Crippen molar-refractivity contribution in [1.29, 1.82) is 0 Å². The summed E-state index contributed by atoms with van der Waals surface area (Å²) in [6.07, 6.45) is 0. The maximum absolute atomic E-state index is 13.7. The number of hydrogen-bond acceptors (Lipinski definition) is 4. The van der Waals surface area contributed by atoms with Crippen LogP contribution in [0.25, 0.3) is 0 Å². The molecule has 2 aromatic carbocycles. The molecule has 23 heavy (non-hydrogen) atoms. The summed E-state index contributed by atoms with van der Waals surface area (Å²) in [5, 5.41) is 0. The standard InChI is InChI=1S/C16H18FNO4S/c1-11(12-4-9-16(22-3)15(17)10-12)18-23(19,20)14-7-5-13(21-2)6-8-14/h4-11,18H,1-3H3. The van der Waals surface area contributed by atoms with E-state index in [1.807, 2.05) is 0 Å². The number of nitrogens with one attached hydrogen (secondary N) is 1. The molecule has 0 aliphatic rings. The van der Waals surface area contributed by atoms with Crippen molar-refractivity contribution in [3.63, 3.8) is 0 Å². The zero-order valence-electron chi connectivity index (χ0n) is 13.0. The molecule has 2 rings (SSSR count). The van der Waals surface area contributed by atoms with Gasteiger partial charge >= 0.3 is 0 Å². The molecule has 0 fully saturated rings. The fourth-order valence-corrected chi connectivity index (χ4v) is 3.31. The summed E-state index contributed by atoms with van der Waals surface area (Å²) < 4.78 is 50.8. The fourth-order valence-electron chi connectivity index (χ4n) is 2.08. The van der Waals surface area contributed by atoms with E-state index in [1.165, 1.54) is 38.5 Å². The second-order valence-electron chi connectivity index (χ2n) is 4.91. The Morgan fingerprint density at radius 3 is 2.22 bits per heavy atom. The molecule has 1 atom stereocenters. The number of halogens is 1. The van der Waals surface area contributed by atoms with Gasteiger partial charge in [0.1, 0.15) is 5.75 Å². The van der Waals surface area contributed by atoms with Crippen LogP contribution in [0.3, 0.4) is 0 Å². The van der Waals surface area contributed by atoms with E-state index in [0.29, 0.717) is 11.3 Å². The monoisotopic (exact) mass is 339 g/mol. The van der Waals surface area contributed by atoms with Gasteiger partial charge < -0.3 is 9.47 Å². The van der Waals surface area contributed by atoms with Crippen LogP contribution in [-0.2, 0) is 10.0 Å². The molecule has 5 nitrogen and oxygen atoms in total. The lowest BCUT2D eigenvalue weighted by atomic mass is 10.1. The largest absolute Gasteiger partial charge is 0.497 e. The van der Waals surface area contributed by atoms with Crippen molar-refractivity contribution in [2.24, 2.45) is 0 Å². The molecule has 0 saturated carbocycles. The molecule has 0 aromatic heterocycles. The van der Waals surface area contributed by atoms with Crippen LogP contribution in [0.2, 0.25) is 0 Å². The van der Waals surface area contributed by atoms with Gasteiger partial charge in [-0.15, -0.1) is 0 Å². The van der Waals surface area contributed by atoms with E-state index >= 15 is 0 Å². The van der Waals surface area contributed by atoms with Crippen LogP contribution in [0, 0.1) is 5.82 Å². The van der Waals surface area contributed by atoms with Crippen molar-refractivity contribution >= 4 is 10.0 Å². The van der Waals surface area contributed by atoms with Crippen molar-refractivity contribution in [2.45, 2.75) is 17.9 Å². The van der Waals surface area contributed by atoms with Gasteiger partial charge in [-0.2, -0.15) is 0 Å². The van der Waals surface area contributed by atoms with Crippen LogP contribution in [0.15, 0.2) is 47.4 Å². The number of hydrogen-bond donors (Lipinski definition) is 1. The van der Waals surface area contributed by atoms with E-state index in [0.717, 1.165) is 0 Å². The molecular formula is C16H18FNO4S. The summed E-state index contributed by atoms with van der Waals surface area (Å²) >= 11 is 0. The third-order valence-corrected chi connectivity index (χ3v) is 4.93. The molecule has 1 N–H and O–H groups in total. The first-order chi connectivity index (χ1) is 10.9. The Bertz CT molecular complexity index is 775. The summed E-state index contributed by atoms with van der Waals surface area (Å²) in [6.45, 7) is 1.64. The van der Waals surface area contributed by atoms with Crippen LogP contribution in [-0.4, -0.2) is 22.6 Å². The first kappa shape index (κ1) is 17.2. The highest BCUT2D eigenvalue weighted by Gasteiger charge is 2.19. The molecule has 0 saturated heterocycles. The first-order valence-electron chi connectivity index (χ1n) is 6.87. The Morgan fingerprint density at radius 1 is 1.04 bits per heavy atom. The van der Waals surface area contributed by atoms with Crippen LogP contribution >= 0.6 is 0 Å². The van der Waals surface area contributed by atoms with E-state index in [9.17, 15) is 12.8 Å². The summed E-state index contributed by atoms with van der Waals surface area (Å²) in [5.41, 5.74) is 0.500. The SMILES string of the molecule is COc1ccc(S(=O)(=O)NC(C)c2ccc(OC)c(F)c2)cc1. The molecule has 0 spiro atoms. The van der Waals surface area contributed by atoms with E-state index in [4.69, 9.17) is 9.47 Å². The summed E-state index contributed by atoms with van der Waals surface area (Å²) in [5.74, 6) is 0.133. The fraction of sp³-hybridized carbons (Fsp3) is 0.250. The quantitative estimate of drug-likeness (QED) is 0.879. The predicted molar refractivity (Wildman–Crippen MR) is 84.7 cm³/mol. The molecule has 0 aliphatic carbocycles. The molecule has 0 amide bonds. The molecule has 7 heteroatoms.